The van der Waals surface area contributed by atoms with Crippen molar-refractivity contribution in [2.75, 3.05) is 44.2 Å². The summed E-state index contributed by atoms with van der Waals surface area (Å²) in [4.78, 5) is 31.4. The lowest BCUT2D eigenvalue weighted by atomic mass is 10.0. The van der Waals surface area contributed by atoms with E-state index < -0.39 is 0 Å². The number of fused-ring (bicyclic) bond motifs is 1. The van der Waals surface area contributed by atoms with Crippen LogP contribution in [0.3, 0.4) is 0 Å². The number of nitrogens with zero attached hydrogens (tertiary/aromatic N) is 3. The van der Waals surface area contributed by atoms with Gasteiger partial charge < -0.3 is 9.80 Å². The first-order valence-corrected chi connectivity index (χ1v) is 11.1. The molecule has 0 spiro atoms. The molecule has 2 fully saturated rings. The first-order valence-electron chi connectivity index (χ1n) is 11.1. The molecule has 1 saturated carbocycles. The number of anilines is 1. The standard InChI is InChI=1S/C23H33N3O2/c27-22(10-9-19-5-1-2-6-19)25-17-15-24(16-18-25)13-12-23(28)26-14-11-20-7-3-4-8-21(20)26/h3-4,7-8,19H,1-2,5-6,9-18H2. The van der Waals surface area contributed by atoms with Crippen molar-refractivity contribution in [3.8, 4) is 0 Å². The van der Waals surface area contributed by atoms with Crippen molar-refractivity contribution in [2.24, 2.45) is 5.92 Å². The Bertz CT molecular complexity index is 691. The van der Waals surface area contributed by atoms with Gasteiger partial charge in [-0.3, -0.25) is 14.5 Å². The molecule has 28 heavy (non-hydrogen) atoms. The number of rotatable bonds is 6. The molecule has 3 aliphatic rings. The molecule has 0 bridgehead atoms. The molecule has 1 aromatic carbocycles. The van der Waals surface area contributed by atoms with Crippen LogP contribution >= 0.6 is 0 Å². The van der Waals surface area contributed by atoms with Gasteiger partial charge in [0.05, 0.1) is 0 Å². The lowest BCUT2D eigenvalue weighted by Gasteiger charge is -2.35. The van der Waals surface area contributed by atoms with E-state index in [0.29, 0.717) is 12.3 Å². The maximum atomic E-state index is 12.7. The maximum absolute atomic E-state index is 12.7. The first kappa shape index (κ1) is 19.4. The number of carbonyl (C=O) groups excluding carboxylic acids is 2. The minimum Gasteiger partial charge on any atom is -0.340 e. The van der Waals surface area contributed by atoms with E-state index in [2.05, 4.69) is 17.0 Å². The second-order valence-corrected chi connectivity index (χ2v) is 8.59. The Labute approximate surface area is 168 Å². The van der Waals surface area contributed by atoms with Crippen molar-refractivity contribution in [1.29, 1.82) is 0 Å². The fraction of sp³-hybridized carbons (Fsp3) is 0.652. The Morgan fingerprint density at radius 1 is 0.893 bits per heavy atom. The molecule has 1 aliphatic carbocycles. The number of carbonyl (C=O) groups is 2. The summed E-state index contributed by atoms with van der Waals surface area (Å²) in [5, 5.41) is 0. The molecule has 5 heteroatoms. The van der Waals surface area contributed by atoms with Gasteiger partial charge in [0.15, 0.2) is 0 Å². The lowest BCUT2D eigenvalue weighted by Crippen LogP contribution is -2.49. The van der Waals surface area contributed by atoms with Crippen LogP contribution in [-0.2, 0) is 16.0 Å². The first-order chi connectivity index (χ1) is 13.7. The van der Waals surface area contributed by atoms with Gasteiger partial charge in [0, 0.05) is 57.8 Å². The van der Waals surface area contributed by atoms with E-state index in [1.165, 1.54) is 31.2 Å². The third-order valence-electron chi connectivity index (χ3n) is 6.80. The van der Waals surface area contributed by atoms with E-state index >= 15 is 0 Å². The smallest absolute Gasteiger partial charge is 0.228 e. The van der Waals surface area contributed by atoms with E-state index in [4.69, 9.17) is 0 Å². The van der Waals surface area contributed by atoms with Crippen molar-refractivity contribution in [3.05, 3.63) is 29.8 Å². The van der Waals surface area contributed by atoms with Gasteiger partial charge in [-0.05, 0) is 30.4 Å². The van der Waals surface area contributed by atoms with Gasteiger partial charge in [-0.15, -0.1) is 0 Å². The summed E-state index contributed by atoms with van der Waals surface area (Å²) in [5.74, 6) is 1.34. The molecule has 152 valence electrons. The molecule has 2 aliphatic heterocycles. The topological polar surface area (TPSA) is 43.9 Å². The second kappa shape index (κ2) is 9.08. The van der Waals surface area contributed by atoms with Gasteiger partial charge in [0.2, 0.25) is 11.8 Å². The highest BCUT2D eigenvalue weighted by Crippen LogP contribution is 2.29. The fourth-order valence-corrected chi connectivity index (χ4v) is 4.99. The van der Waals surface area contributed by atoms with Crippen LogP contribution in [0.4, 0.5) is 5.69 Å². The molecule has 1 aromatic rings. The highest BCUT2D eigenvalue weighted by Gasteiger charge is 2.26. The zero-order valence-corrected chi connectivity index (χ0v) is 16.9. The average molecular weight is 384 g/mol. The van der Waals surface area contributed by atoms with Crippen molar-refractivity contribution < 1.29 is 9.59 Å². The molecule has 5 nitrogen and oxygen atoms in total. The third-order valence-corrected chi connectivity index (χ3v) is 6.80. The summed E-state index contributed by atoms with van der Waals surface area (Å²) in [6.45, 7) is 5.00. The van der Waals surface area contributed by atoms with Crippen LogP contribution in [0.1, 0.15) is 50.5 Å². The zero-order chi connectivity index (χ0) is 19.3. The minimum atomic E-state index is 0.222. The number of para-hydroxylation sites is 1. The van der Waals surface area contributed by atoms with Crippen LogP contribution in [0.25, 0.3) is 0 Å². The second-order valence-electron chi connectivity index (χ2n) is 8.59. The predicted octanol–water partition coefficient (Wildman–Crippen LogP) is 3.08. The van der Waals surface area contributed by atoms with E-state index in [1.807, 2.05) is 21.9 Å². The Morgan fingerprint density at radius 3 is 2.43 bits per heavy atom. The van der Waals surface area contributed by atoms with Crippen molar-refractivity contribution >= 4 is 17.5 Å². The van der Waals surface area contributed by atoms with Gasteiger partial charge in [0.25, 0.3) is 0 Å². The number of piperazine rings is 1. The van der Waals surface area contributed by atoms with Gasteiger partial charge in [-0.2, -0.15) is 0 Å². The molecule has 0 radical (unpaired) electrons. The van der Waals surface area contributed by atoms with Gasteiger partial charge in [-0.25, -0.2) is 0 Å². The summed E-state index contributed by atoms with van der Waals surface area (Å²) in [5.41, 5.74) is 2.37. The van der Waals surface area contributed by atoms with Crippen LogP contribution in [0.5, 0.6) is 0 Å². The zero-order valence-electron chi connectivity index (χ0n) is 16.9. The Morgan fingerprint density at radius 2 is 1.64 bits per heavy atom. The molecule has 4 rings (SSSR count). The van der Waals surface area contributed by atoms with E-state index in [1.54, 1.807) is 0 Å². The van der Waals surface area contributed by atoms with Crippen molar-refractivity contribution in [3.63, 3.8) is 0 Å². The average Bonchev–Trinajstić information content (AvgIpc) is 3.40. The van der Waals surface area contributed by atoms with Gasteiger partial charge in [-0.1, -0.05) is 43.9 Å². The third kappa shape index (κ3) is 4.57. The molecule has 0 atom stereocenters. The largest absolute Gasteiger partial charge is 0.340 e. The summed E-state index contributed by atoms with van der Waals surface area (Å²) in [6.07, 6.45) is 8.64. The van der Waals surface area contributed by atoms with E-state index in [0.717, 1.165) is 70.1 Å². The quantitative estimate of drug-likeness (QED) is 0.758. The van der Waals surface area contributed by atoms with E-state index in [9.17, 15) is 9.59 Å². The number of hydrogen-bond acceptors (Lipinski definition) is 3. The highest BCUT2D eigenvalue weighted by atomic mass is 16.2. The molecule has 2 heterocycles. The Hall–Kier alpha value is -1.88. The fourth-order valence-electron chi connectivity index (χ4n) is 4.99. The molecular weight excluding hydrogens is 350 g/mol. The SMILES string of the molecule is O=C(CCC1CCCC1)N1CCN(CCC(=O)N2CCc3ccccc32)CC1. The van der Waals surface area contributed by atoms with Crippen LogP contribution in [0, 0.1) is 5.92 Å². The molecule has 2 amide bonds. The van der Waals surface area contributed by atoms with Crippen molar-refractivity contribution in [2.45, 2.75) is 51.4 Å². The van der Waals surface area contributed by atoms with Gasteiger partial charge in [0.1, 0.15) is 0 Å². The summed E-state index contributed by atoms with van der Waals surface area (Å²) in [6, 6.07) is 8.22. The molecule has 0 aromatic heterocycles. The van der Waals surface area contributed by atoms with E-state index in [-0.39, 0.29) is 5.91 Å². The Balaban J connectivity index is 1.17. The monoisotopic (exact) mass is 383 g/mol. The number of hydrogen-bond donors (Lipinski definition) is 0. The van der Waals surface area contributed by atoms with Gasteiger partial charge >= 0.3 is 0 Å². The molecular formula is C23H33N3O2. The number of benzene rings is 1. The number of amides is 2. The highest BCUT2D eigenvalue weighted by molar-refractivity contribution is 5.95. The van der Waals surface area contributed by atoms with Crippen LogP contribution in [-0.4, -0.2) is 60.9 Å². The minimum absolute atomic E-state index is 0.222. The summed E-state index contributed by atoms with van der Waals surface area (Å²) in [7, 11) is 0. The molecule has 1 saturated heterocycles. The van der Waals surface area contributed by atoms with Crippen LogP contribution < -0.4 is 4.90 Å². The molecule has 0 unspecified atom stereocenters. The van der Waals surface area contributed by atoms with Crippen LogP contribution in [0.15, 0.2) is 24.3 Å². The maximum Gasteiger partial charge on any atom is 0.228 e. The van der Waals surface area contributed by atoms with Crippen LogP contribution in [0.2, 0.25) is 0 Å². The predicted molar refractivity (Wildman–Crippen MR) is 111 cm³/mol. The Kier molecular flexibility index (Phi) is 6.30. The summed E-state index contributed by atoms with van der Waals surface area (Å²) < 4.78 is 0. The normalized spacial score (nSPS) is 20.6. The lowest BCUT2D eigenvalue weighted by molar-refractivity contribution is -0.133. The van der Waals surface area contributed by atoms with Crippen molar-refractivity contribution in [1.82, 2.24) is 9.80 Å². The molecule has 0 N–H and O–H groups in total. The summed E-state index contributed by atoms with van der Waals surface area (Å²) >= 11 is 0.